The van der Waals surface area contributed by atoms with Crippen LogP contribution in [0.15, 0.2) is 90.0 Å². The summed E-state index contributed by atoms with van der Waals surface area (Å²) >= 11 is 17.8. The van der Waals surface area contributed by atoms with E-state index in [1.54, 1.807) is 54.6 Å². The number of ether oxygens (including phenoxy) is 3. The fourth-order valence-corrected chi connectivity index (χ4v) is 3.80. The third kappa shape index (κ3) is 7.51. The molecule has 0 aliphatic heterocycles. The average molecular weight is 584 g/mol. The Kier molecular flexibility index (Phi) is 9.44. The van der Waals surface area contributed by atoms with Gasteiger partial charge in [-0.15, -0.1) is 0 Å². The Bertz CT molecular complexity index is 1520. The lowest BCUT2D eigenvalue weighted by Crippen LogP contribution is -2.18. The second kappa shape index (κ2) is 13.2. The van der Waals surface area contributed by atoms with E-state index in [9.17, 15) is 9.59 Å². The third-order valence-corrected chi connectivity index (χ3v) is 6.36. The topological polar surface area (TPSA) is 86.2 Å². The minimum atomic E-state index is -0.627. The average Bonchev–Trinajstić information content (AvgIpc) is 2.95. The number of rotatable bonds is 9. The minimum absolute atomic E-state index is 0.196. The van der Waals surface area contributed by atoms with Crippen molar-refractivity contribution < 1.29 is 23.8 Å². The summed E-state index contributed by atoms with van der Waals surface area (Å²) in [6.07, 6.45) is 1.43. The van der Waals surface area contributed by atoms with Crippen molar-refractivity contribution in [2.75, 3.05) is 7.11 Å². The molecule has 4 aromatic carbocycles. The van der Waals surface area contributed by atoms with Crippen LogP contribution in [0.1, 0.15) is 31.8 Å². The van der Waals surface area contributed by atoms with E-state index < -0.39 is 11.9 Å². The third-order valence-electron chi connectivity index (χ3n) is 5.36. The van der Waals surface area contributed by atoms with Gasteiger partial charge in [-0.25, -0.2) is 10.2 Å². The van der Waals surface area contributed by atoms with Gasteiger partial charge in [-0.3, -0.25) is 4.79 Å². The molecule has 10 heteroatoms. The number of carbonyl (C=O) groups excluding carboxylic acids is 2. The number of hydrogen-bond acceptors (Lipinski definition) is 6. The number of methoxy groups -OCH3 is 1. The van der Waals surface area contributed by atoms with Crippen LogP contribution in [0.5, 0.6) is 17.2 Å². The number of amides is 1. The van der Waals surface area contributed by atoms with Crippen LogP contribution in [0.2, 0.25) is 15.1 Å². The molecule has 198 valence electrons. The van der Waals surface area contributed by atoms with Crippen LogP contribution in [-0.2, 0) is 6.61 Å². The second-order valence-electron chi connectivity index (χ2n) is 8.04. The van der Waals surface area contributed by atoms with Crippen LogP contribution in [0.3, 0.4) is 0 Å². The zero-order valence-electron chi connectivity index (χ0n) is 20.5. The SMILES string of the molecule is COc1cc(/C=N\NC(=O)c2ccccc2OCc2ccc(Cl)cc2)ccc1OC(=O)c1ccc(Cl)c(Cl)c1. The van der Waals surface area contributed by atoms with E-state index in [4.69, 9.17) is 49.0 Å². The standard InChI is InChI=1S/C29H21Cl3N2O5/c1-37-27-14-19(8-13-26(27)39-29(36)20-9-12-23(31)24(32)15-20)16-33-34-28(35)22-4-2-3-5-25(22)38-17-18-6-10-21(30)11-7-18/h2-16H,17H2,1H3,(H,34,35)/b33-16-. The number of halogens is 3. The Labute approximate surface area is 239 Å². The van der Waals surface area contributed by atoms with E-state index in [-0.39, 0.29) is 22.9 Å². The molecule has 39 heavy (non-hydrogen) atoms. The maximum absolute atomic E-state index is 12.8. The van der Waals surface area contributed by atoms with Crippen molar-refractivity contribution in [3.8, 4) is 17.2 Å². The van der Waals surface area contributed by atoms with Gasteiger partial charge in [0.1, 0.15) is 12.4 Å². The van der Waals surface area contributed by atoms with E-state index in [1.165, 1.54) is 31.5 Å². The molecule has 0 spiro atoms. The highest BCUT2D eigenvalue weighted by molar-refractivity contribution is 6.42. The Morgan fingerprint density at radius 1 is 0.846 bits per heavy atom. The molecule has 7 nitrogen and oxygen atoms in total. The molecular formula is C29H21Cl3N2O5. The van der Waals surface area contributed by atoms with Gasteiger partial charge in [0, 0.05) is 5.02 Å². The molecule has 0 atom stereocenters. The lowest BCUT2D eigenvalue weighted by Gasteiger charge is -2.11. The highest BCUT2D eigenvalue weighted by Crippen LogP contribution is 2.29. The van der Waals surface area contributed by atoms with Gasteiger partial charge < -0.3 is 14.2 Å². The predicted octanol–water partition coefficient (Wildman–Crippen LogP) is 7.22. The van der Waals surface area contributed by atoms with Crippen LogP contribution in [0.25, 0.3) is 0 Å². The quantitative estimate of drug-likeness (QED) is 0.0973. The van der Waals surface area contributed by atoms with Crippen molar-refractivity contribution in [2.45, 2.75) is 6.61 Å². The van der Waals surface area contributed by atoms with Crippen LogP contribution >= 0.6 is 34.8 Å². The Morgan fingerprint density at radius 3 is 2.36 bits per heavy atom. The summed E-state index contributed by atoms with van der Waals surface area (Å²) in [5.74, 6) is -0.175. The van der Waals surface area contributed by atoms with Crippen LogP contribution in [-0.4, -0.2) is 25.2 Å². The van der Waals surface area contributed by atoms with Gasteiger partial charge in [0.2, 0.25) is 0 Å². The maximum Gasteiger partial charge on any atom is 0.343 e. The van der Waals surface area contributed by atoms with Crippen LogP contribution in [0, 0.1) is 0 Å². The maximum atomic E-state index is 12.8. The van der Waals surface area contributed by atoms with E-state index in [0.717, 1.165) is 5.56 Å². The van der Waals surface area contributed by atoms with Crippen molar-refractivity contribution in [3.63, 3.8) is 0 Å². The molecule has 0 bridgehead atoms. The number of nitrogens with zero attached hydrogens (tertiary/aromatic N) is 1. The summed E-state index contributed by atoms with van der Waals surface area (Å²) in [6, 6.07) is 23.4. The van der Waals surface area contributed by atoms with Gasteiger partial charge in [0.15, 0.2) is 11.5 Å². The predicted molar refractivity (Wildman–Crippen MR) is 152 cm³/mol. The molecule has 0 aromatic heterocycles. The molecule has 0 fully saturated rings. The molecule has 0 saturated carbocycles. The number of benzene rings is 4. The summed E-state index contributed by atoms with van der Waals surface area (Å²) in [5.41, 5.74) is 4.55. The zero-order valence-corrected chi connectivity index (χ0v) is 22.8. The van der Waals surface area contributed by atoms with Gasteiger partial charge in [0.25, 0.3) is 5.91 Å². The van der Waals surface area contributed by atoms with E-state index in [1.807, 2.05) is 12.1 Å². The summed E-state index contributed by atoms with van der Waals surface area (Å²) in [4.78, 5) is 25.3. The van der Waals surface area contributed by atoms with E-state index in [2.05, 4.69) is 10.5 Å². The normalized spacial score (nSPS) is 10.8. The molecule has 0 saturated heterocycles. The fraction of sp³-hybridized carbons (Fsp3) is 0.0690. The molecule has 4 aromatic rings. The van der Waals surface area contributed by atoms with Crippen molar-refractivity contribution in [1.29, 1.82) is 0 Å². The van der Waals surface area contributed by atoms with Gasteiger partial charge in [-0.05, 0) is 71.8 Å². The number of hydrazone groups is 1. The number of carbonyl (C=O) groups is 2. The van der Waals surface area contributed by atoms with Crippen molar-refractivity contribution >= 4 is 52.9 Å². The van der Waals surface area contributed by atoms with Gasteiger partial charge in [-0.2, -0.15) is 5.10 Å². The Morgan fingerprint density at radius 2 is 1.62 bits per heavy atom. The van der Waals surface area contributed by atoms with E-state index in [0.29, 0.717) is 32.7 Å². The van der Waals surface area contributed by atoms with Gasteiger partial charge in [0.05, 0.1) is 34.5 Å². The monoisotopic (exact) mass is 582 g/mol. The zero-order chi connectivity index (χ0) is 27.8. The first kappa shape index (κ1) is 28.0. The number of esters is 1. The minimum Gasteiger partial charge on any atom is -0.493 e. The van der Waals surface area contributed by atoms with Crippen molar-refractivity contribution in [1.82, 2.24) is 5.43 Å². The molecule has 1 N–H and O–H groups in total. The molecule has 0 unspecified atom stereocenters. The summed E-state index contributed by atoms with van der Waals surface area (Å²) in [5, 5.41) is 5.23. The smallest absolute Gasteiger partial charge is 0.343 e. The van der Waals surface area contributed by atoms with Crippen LogP contribution < -0.4 is 19.6 Å². The molecule has 4 rings (SSSR count). The first-order valence-corrected chi connectivity index (χ1v) is 12.6. The van der Waals surface area contributed by atoms with Gasteiger partial charge in [-0.1, -0.05) is 59.1 Å². The summed E-state index contributed by atoms with van der Waals surface area (Å²) in [6.45, 7) is 0.270. The van der Waals surface area contributed by atoms with Gasteiger partial charge >= 0.3 is 5.97 Å². The summed E-state index contributed by atoms with van der Waals surface area (Å²) < 4.78 is 16.6. The Balaban J connectivity index is 1.39. The van der Waals surface area contributed by atoms with E-state index >= 15 is 0 Å². The van der Waals surface area contributed by atoms with Crippen molar-refractivity contribution in [2.24, 2.45) is 5.10 Å². The molecule has 0 heterocycles. The van der Waals surface area contributed by atoms with Crippen LogP contribution in [0.4, 0.5) is 0 Å². The highest BCUT2D eigenvalue weighted by Gasteiger charge is 2.15. The first-order valence-electron chi connectivity index (χ1n) is 11.5. The number of hydrogen-bond donors (Lipinski definition) is 1. The molecule has 0 radical (unpaired) electrons. The number of para-hydroxylation sites is 1. The molecule has 1 amide bonds. The fourth-order valence-electron chi connectivity index (χ4n) is 3.38. The second-order valence-corrected chi connectivity index (χ2v) is 9.29. The van der Waals surface area contributed by atoms with Crippen molar-refractivity contribution in [3.05, 3.63) is 122 Å². The largest absolute Gasteiger partial charge is 0.493 e. The highest BCUT2D eigenvalue weighted by atomic mass is 35.5. The molecule has 0 aliphatic carbocycles. The number of nitrogens with one attached hydrogen (secondary N) is 1. The Hall–Kier alpha value is -4.04. The molecule has 0 aliphatic rings. The summed E-state index contributed by atoms with van der Waals surface area (Å²) in [7, 11) is 1.44. The lowest BCUT2D eigenvalue weighted by molar-refractivity contribution is 0.0729. The lowest BCUT2D eigenvalue weighted by atomic mass is 10.2. The molecular weight excluding hydrogens is 563 g/mol. The first-order chi connectivity index (χ1) is 18.8.